The molecular weight excluding hydrogens is 906 g/mol. The molecule has 2 aliphatic heterocycles. The van der Waals surface area contributed by atoms with Gasteiger partial charge >= 0.3 is 12.3 Å². The van der Waals surface area contributed by atoms with Crippen LogP contribution in [0, 0.1) is 0 Å². The van der Waals surface area contributed by atoms with Crippen LogP contribution in [0.1, 0.15) is 96.7 Å². The number of carbonyl (C=O) groups is 4. The predicted molar refractivity (Wildman–Crippen MR) is 227 cm³/mol. The van der Waals surface area contributed by atoms with Crippen LogP contribution in [0.3, 0.4) is 0 Å². The van der Waals surface area contributed by atoms with E-state index in [1.165, 1.54) is 24.0 Å². The van der Waals surface area contributed by atoms with Crippen LogP contribution in [-0.4, -0.2) is 91.2 Å². The van der Waals surface area contributed by atoms with Crippen molar-refractivity contribution < 1.29 is 50.2 Å². The maximum atomic E-state index is 14.8. The summed E-state index contributed by atoms with van der Waals surface area (Å²) >= 11 is -1.11. The van der Waals surface area contributed by atoms with Crippen LogP contribution in [0.2, 0.25) is 0 Å². The summed E-state index contributed by atoms with van der Waals surface area (Å²) in [5.74, 6) is -3.09. The van der Waals surface area contributed by atoms with Gasteiger partial charge < -0.3 is 25.0 Å². The third-order valence-electron chi connectivity index (χ3n) is 10.9. The first-order valence-corrected chi connectivity index (χ1v) is 23.8. The van der Waals surface area contributed by atoms with E-state index in [9.17, 15) is 40.8 Å². The Bertz CT molecular complexity index is 2100. The number of benzene rings is 1. The van der Waals surface area contributed by atoms with Crippen LogP contribution in [0.15, 0.2) is 49.6 Å². The van der Waals surface area contributed by atoms with Crippen molar-refractivity contribution in [3.8, 4) is 5.75 Å². The van der Waals surface area contributed by atoms with Crippen LogP contribution in [0.4, 0.5) is 18.0 Å². The molecule has 1 unspecified atom stereocenters. The highest BCUT2D eigenvalue weighted by molar-refractivity contribution is 14.2. The maximum absolute atomic E-state index is 14.8. The average Bonchev–Trinajstić information content (AvgIpc) is 3.82. The molecule has 0 radical (unpaired) electrons. The monoisotopic (exact) mass is 959 g/mol. The average molecular weight is 960 g/mol. The van der Waals surface area contributed by atoms with Gasteiger partial charge in [-0.25, -0.2) is 18.2 Å². The molecule has 3 heterocycles. The fraction of sp³-hybridized carbons (Fsp3) is 0.561. The maximum Gasteiger partial charge on any atom is 0.437 e. The zero-order valence-electron chi connectivity index (χ0n) is 33.8. The van der Waals surface area contributed by atoms with E-state index in [-0.39, 0.29) is 37.7 Å². The number of fused-ring (bicyclic) bond motifs is 3. The second kappa shape index (κ2) is 17.9. The number of pyridine rings is 1. The minimum atomic E-state index is -4.92. The standard InChI is InChI=1S/C41H53F3IN5O8S/c1-8-10-11-12-13-18-29(47-37(54)58-38(3,4)5)36(53)50-24-40(20-19-26-25-16-14-15-17-28(25)46-33(32(26)57-40)41(42,43)44)23-30(50)34(51)48-31(27(9-2)45-7)35(52)49-59(55,56)39(6)21-22-39/h8-9,14-17,27,29-31H,1-2,7,10-13,18-24H2,3-6H3,(H,47,54)(H,48,51)(H,49,52)/t27-,29-,30-,31?,40+/m0/s1. The SMILES string of the molecule is C=CCCCCC[C@H](NC(=O)OC(C)(C)C)C(=O)N1C[C@@]2(CCc3c(c(C(F)(F)F)nc4ccccc34)O2)C[C@H]1C(=O)NC(C(=O)NS(=O)(=O)C1(C)CC1)[C@H](C=C)I=C. The summed E-state index contributed by atoms with van der Waals surface area (Å²) in [7, 11) is -4.13. The van der Waals surface area contributed by atoms with Gasteiger partial charge in [0.1, 0.15) is 29.3 Å². The van der Waals surface area contributed by atoms with Gasteiger partial charge in [-0.15, -0.1) is 33.9 Å². The van der Waals surface area contributed by atoms with Crippen molar-refractivity contribution in [2.75, 3.05) is 6.54 Å². The molecule has 1 aromatic heterocycles. The van der Waals surface area contributed by atoms with Crippen LogP contribution in [0.5, 0.6) is 5.75 Å². The lowest BCUT2D eigenvalue weighted by Crippen LogP contribution is -2.59. The van der Waals surface area contributed by atoms with Gasteiger partial charge in [0, 0.05) is 17.4 Å². The normalized spacial score (nSPS) is 21.3. The highest BCUT2D eigenvalue weighted by Crippen LogP contribution is 2.48. The summed E-state index contributed by atoms with van der Waals surface area (Å²) in [5.41, 5.74) is -3.27. The Hall–Kier alpha value is -4.07. The van der Waals surface area contributed by atoms with Gasteiger partial charge in [0.15, 0.2) is 11.4 Å². The largest absolute Gasteiger partial charge is 0.483 e. The number of ether oxygens (including phenoxy) is 2. The molecular formula is C41H53F3IN5O8S. The number of alkyl halides is 4. The first-order valence-electron chi connectivity index (χ1n) is 19.5. The quantitative estimate of drug-likeness (QED) is 0.0747. The molecule has 1 saturated carbocycles. The molecule has 18 heteroatoms. The molecule has 4 amide bonds. The zero-order valence-corrected chi connectivity index (χ0v) is 36.7. The van der Waals surface area contributed by atoms with E-state index in [4.69, 9.17) is 9.47 Å². The van der Waals surface area contributed by atoms with Gasteiger partial charge in [0.2, 0.25) is 21.8 Å². The molecule has 3 N–H and O–H groups in total. The fourth-order valence-corrected chi connectivity index (χ4v) is 10.1. The first-order chi connectivity index (χ1) is 27.6. The number of halogens is 4. The minimum Gasteiger partial charge on any atom is -0.483 e. The van der Waals surface area contributed by atoms with Crippen molar-refractivity contribution in [1.82, 2.24) is 25.2 Å². The number of hydrogen-bond acceptors (Lipinski definition) is 9. The number of carbonyl (C=O) groups excluding carboxylic acids is 4. The van der Waals surface area contributed by atoms with Crippen molar-refractivity contribution in [3.63, 3.8) is 0 Å². The first kappa shape index (κ1) is 46.0. The van der Waals surface area contributed by atoms with Crippen molar-refractivity contribution in [2.24, 2.45) is 0 Å². The van der Waals surface area contributed by atoms with Crippen molar-refractivity contribution in [3.05, 3.63) is 60.8 Å². The number of aryl methyl sites for hydroxylation is 1. The molecule has 2 fully saturated rings. The van der Waals surface area contributed by atoms with Crippen molar-refractivity contribution >= 4 is 70.0 Å². The van der Waals surface area contributed by atoms with Gasteiger partial charge in [-0.2, -0.15) is 13.2 Å². The van der Waals surface area contributed by atoms with Crippen molar-refractivity contribution in [1.29, 1.82) is 0 Å². The fourth-order valence-electron chi connectivity index (χ4n) is 7.41. The molecule has 1 aliphatic carbocycles. The van der Waals surface area contributed by atoms with Gasteiger partial charge in [0.05, 0.1) is 20.7 Å². The van der Waals surface area contributed by atoms with E-state index < -0.39 is 110 Å². The molecule has 2 aromatic rings. The second-order valence-electron chi connectivity index (χ2n) is 16.6. The molecule has 0 bridgehead atoms. The molecule has 3 aliphatic rings. The van der Waals surface area contributed by atoms with Crippen LogP contribution in [0.25, 0.3) is 10.9 Å². The summed E-state index contributed by atoms with van der Waals surface area (Å²) < 4.78 is 86.2. The lowest BCUT2D eigenvalue weighted by molar-refractivity contribution is -0.144. The molecule has 13 nitrogen and oxygen atoms in total. The molecule has 1 spiro atoms. The van der Waals surface area contributed by atoms with E-state index >= 15 is 0 Å². The summed E-state index contributed by atoms with van der Waals surface area (Å²) in [6.07, 6.45) is 0.748. The number of allylic oxidation sites excluding steroid dienone is 1. The van der Waals surface area contributed by atoms with Crippen LogP contribution < -0.4 is 20.1 Å². The molecule has 1 saturated heterocycles. The summed E-state index contributed by atoms with van der Waals surface area (Å²) in [4.78, 5) is 61.3. The van der Waals surface area contributed by atoms with E-state index in [2.05, 4.69) is 38.0 Å². The Balaban J connectivity index is 1.54. The highest BCUT2D eigenvalue weighted by Gasteiger charge is 2.56. The number of sulfonamides is 1. The number of nitrogens with zero attached hydrogens (tertiary/aromatic N) is 2. The molecule has 5 atom stereocenters. The van der Waals surface area contributed by atoms with Gasteiger partial charge in [-0.05, 0) is 78.7 Å². The van der Waals surface area contributed by atoms with Gasteiger partial charge in [-0.3, -0.25) is 19.1 Å². The van der Waals surface area contributed by atoms with E-state index in [1.807, 2.05) is 0 Å². The Labute approximate surface area is 353 Å². The Morgan fingerprint density at radius 1 is 1.08 bits per heavy atom. The third-order valence-corrected chi connectivity index (χ3v) is 15.3. The third kappa shape index (κ3) is 10.6. The van der Waals surface area contributed by atoms with Crippen LogP contribution in [-0.2, 0) is 41.7 Å². The lowest BCUT2D eigenvalue weighted by Gasteiger charge is -2.37. The number of para-hydroxylation sites is 1. The Morgan fingerprint density at radius 3 is 2.39 bits per heavy atom. The Kier molecular flexibility index (Phi) is 13.9. The van der Waals surface area contributed by atoms with Gasteiger partial charge in [0.25, 0.3) is 5.91 Å². The number of hydrogen-bond donors (Lipinski definition) is 3. The smallest absolute Gasteiger partial charge is 0.437 e. The minimum absolute atomic E-state index is 0.0901. The predicted octanol–water partition coefficient (Wildman–Crippen LogP) is 6.39. The topological polar surface area (TPSA) is 173 Å². The number of rotatable bonds is 16. The van der Waals surface area contributed by atoms with E-state index in [0.29, 0.717) is 36.6 Å². The molecule has 1 aromatic carbocycles. The number of aromatic nitrogens is 1. The molecule has 324 valence electrons. The van der Waals surface area contributed by atoms with Gasteiger partial charge in [-0.1, -0.05) is 47.7 Å². The number of amides is 4. The summed E-state index contributed by atoms with van der Waals surface area (Å²) in [6, 6.07) is 2.28. The van der Waals surface area contributed by atoms with Crippen molar-refractivity contribution in [2.45, 2.75) is 136 Å². The molecule has 59 heavy (non-hydrogen) atoms. The van der Waals surface area contributed by atoms with E-state index in [1.54, 1.807) is 45.0 Å². The summed E-state index contributed by atoms with van der Waals surface area (Å²) in [6.45, 7) is 13.6. The zero-order chi connectivity index (χ0) is 43.6. The number of alkyl carbamates (subject to hydrolysis) is 1. The number of nitrogens with one attached hydrogen (secondary N) is 3. The summed E-state index contributed by atoms with van der Waals surface area (Å²) in [5, 5.41) is 5.77. The van der Waals surface area contributed by atoms with Crippen LogP contribution >= 0.6 is 20.7 Å². The molecule has 5 rings (SSSR count). The second-order valence-corrected chi connectivity index (χ2v) is 21.1. The number of likely N-dealkylation sites (tertiary alicyclic amines) is 1. The van der Waals surface area contributed by atoms with E-state index in [0.717, 1.165) is 12.8 Å². The lowest BCUT2D eigenvalue weighted by atomic mass is 9.87. The Morgan fingerprint density at radius 2 is 1.78 bits per heavy atom. The highest BCUT2D eigenvalue weighted by atomic mass is 127. The number of unbranched alkanes of at least 4 members (excludes halogenated alkanes) is 3.